The van der Waals surface area contributed by atoms with Crippen LogP contribution in [0.5, 0.6) is 17.2 Å². The summed E-state index contributed by atoms with van der Waals surface area (Å²) >= 11 is 1.23. The lowest BCUT2D eigenvalue weighted by atomic mass is 9.93. The molecule has 0 bridgehead atoms. The van der Waals surface area contributed by atoms with E-state index in [2.05, 4.69) is 0 Å². The van der Waals surface area contributed by atoms with E-state index in [9.17, 15) is 14.7 Å². The van der Waals surface area contributed by atoms with E-state index < -0.39 is 12.0 Å². The van der Waals surface area contributed by atoms with Gasteiger partial charge in [-0.15, -0.1) is 0 Å². The largest absolute Gasteiger partial charge is 0.508 e. The SMILES string of the molecule is CCCC1=C(C(=O)OCC)[C@H](c2cc(OC)ccc2OC)n2c(s/c(=C\c3cccc(O)c3)c2=O)=N1. The van der Waals surface area contributed by atoms with E-state index >= 15 is 0 Å². The van der Waals surface area contributed by atoms with Gasteiger partial charge in [0.25, 0.3) is 5.56 Å². The summed E-state index contributed by atoms with van der Waals surface area (Å²) < 4.78 is 18.5. The lowest BCUT2D eigenvalue weighted by Gasteiger charge is -2.27. The Morgan fingerprint density at radius 3 is 2.64 bits per heavy atom. The molecule has 1 N–H and O–H groups in total. The smallest absolute Gasteiger partial charge is 0.338 e. The molecule has 2 heterocycles. The fourth-order valence-corrected chi connectivity index (χ4v) is 5.25. The molecule has 0 amide bonds. The van der Waals surface area contributed by atoms with Gasteiger partial charge in [0.15, 0.2) is 4.80 Å². The van der Waals surface area contributed by atoms with Gasteiger partial charge < -0.3 is 19.3 Å². The van der Waals surface area contributed by atoms with Crippen LogP contribution in [0, 0.1) is 0 Å². The van der Waals surface area contributed by atoms with Crippen LogP contribution in [0.4, 0.5) is 0 Å². The van der Waals surface area contributed by atoms with Crippen molar-refractivity contribution in [1.29, 1.82) is 0 Å². The van der Waals surface area contributed by atoms with Crippen molar-refractivity contribution < 1.29 is 24.1 Å². The first-order valence-corrected chi connectivity index (χ1v) is 12.5. The number of phenolic OH excluding ortho intramolecular Hbond substituents is 1. The standard InChI is InChI=1S/C27H28N2O6S/c1-5-8-20-23(26(32)35-6-2)24(19-15-18(33-3)11-12-21(19)34-4)29-25(31)22(36-27(29)28-20)14-16-9-7-10-17(30)13-16/h7,9-15,24,30H,5-6,8H2,1-4H3/b22-14-/t24-/m0/s1. The van der Waals surface area contributed by atoms with E-state index in [0.717, 1.165) is 6.42 Å². The quantitative estimate of drug-likeness (QED) is 0.469. The first-order chi connectivity index (χ1) is 17.4. The highest BCUT2D eigenvalue weighted by molar-refractivity contribution is 7.07. The van der Waals surface area contributed by atoms with E-state index in [0.29, 0.717) is 49.7 Å². The summed E-state index contributed by atoms with van der Waals surface area (Å²) in [4.78, 5) is 32.3. The maximum absolute atomic E-state index is 13.8. The Morgan fingerprint density at radius 2 is 1.97 bits per heavy atom. The molecular weight excluding hydrogens is 480 g/mol. The summed E-state index contributed by atoms with van der Waals surface area (Å²) in [5.41, 5.74) is 1.84. The Hall–Kier alpha value is -3.85. The van der Waals surface area contributed by atoms with E-state index in [1.165, 1.54) is 23.0 Å². The number of esters is 1. The molecule has 0 radical (unpaired) electrons. The Balaban J connectivity index is 2.06. The molecule has 0 unspecified atom stereocenters. The van der Waals surface area contributed by atoms with Crippen molar-refractivity contribution >= 4 is 23.4 Å². The number of allylic oxidation sites excluding steroid dienone is 1. The Kier molecular flexibility index (Phi) is 7.59. The minimum absolute atomic E-state index is 0.102. The molecule has 36 heavy (non-hydrogen) atoms. The summed E-state index contributed by atoms with van der Waals surface area (Å²) in [5.74, 6) is 0.639. The van der Waals surface area contributed by atoms with Crippen molar-refractivity contribution in [1.82, 2.24) is 4.57 Å². The number of rotatable bonds is 8. The predicted molar refractivity (Wildman–Crippen MR) is 137 cm³/mol. The Labute approximate surface area is 212 Å². The number of ether oxygens (including phenoxy) is 3. The third kappa shape index (κ3) is 4.79. The number of hydrogen-bond donors (Lipinski definition) is 1. The van der Waals surface area contributed by atoms with Crippen molar-refractivity contribution in [2.24, 2.45) is 4.99 Å². The van der Waals surface area contributed by atoms with Crippen molar-refractivity contribution in [2.75, 3.05) is 20.8 Å². The zero-order valence-corrected chi connectivity index (χ0v) is 21.4. The van der Waals surface area contributed by atoms with Crippen molar-refractivity contribution in [3.05, 3.63) is 84.5 Å². The average molecular weight is 509 g/mol. The normalized spacial score (nSPS) is 15.3. The van der Waals surface area contributed by atoms with Crippen LogP contribution in [-0.4, -0.2) is 36.5 Å². The molecule has 9 heteroatoms. The van der Waals surface area contributed by atoms with Gasteiger partial charge in [-0.2, -0.15) is 0 Å². The number of aromatic nitrogens is 1. The zero-order valence-electron chi connectivity index (χ0n) is 20.6. The molecule has 0 spiro atoms. The first kappa shape index (κ1) is 25.2. The van der Waals surface area contributed by atoms with Gasteiger partial charge in [-0.05, 0) is 55.3 Å². The van der Waals surface area contributed by atoms with Crippen molar-refractivity contribution in [3.8, 4) is 17.2 Å². The number of carbonyl (C=O) groups excluding carboxylic acids is 1. The number of aromatic hydroxyl groups is 1. The second-order valence-electron chi connectivity index (χ2n) is 8.12. The number of hydrogen-bond acceptors (Lipinski definition) is 8. The molecule has 2 aromatic carbocycles. The van der Waals surface area contributed by atoms with Gasteiger partial charge in [0, 0.05) is 5.56 Å². The fraction of sp³-hybridized carbons (Fsp3) is 0.296. The first-order valence-electron chi connectivity index (χ1n) is 11.6. The lowest BCUT2D eigenvalue weighted by molar-refractivity contribution is -0.139. The Bertz CT molecular complexity index is 1500. The van der Waals surface area contributed by atoms with Gasteiger partial charge in [0.05, 0.1) is 36.6 Å². The number of carbonyl (C=O) groups is 1. The van der Waals surface area contributed by atoms with Gasteiger partial charge >= 0.3 is 5.97 Å². The zero-order chi connectivity index (χ0) is 25.8. The molecule has 0 saturated heterocycles. The maximum atomic E-state index is 13.8. The minimum atomic E-state index is -0.821. The molecule has 3 aromatic rings. The third-order valence-electron chi connectivity index (χ3n) is 5.79. The molecule has 1 aliphatic heterocycles. The molecule has 1 atom stereocenters. The number of methoxy groups -OCH3 is 2. The molecule has 4 rings (SSSR count). The monoisotopic (exact) mass is 508 g/mol. The van der Waals surface area contributed by atoms with Crippen LogP contribution in [0.25, 0.3) is 6.08 Å². The fourth-order valence-electron chi connectivity index (χ4n) is 4.23. The molecule has 0 saturated carbocycles. The maximum Gasteiger partial charge on any atom is 0.338 e. The molecule has 188 valence electrons. The molecule has 0 aliphatic carbocycles. The van der Waals surface area contributed by atoms with Gasteiger partial charge in [0.1, 0.15) is 23.3 Å². The van der Waals surface area contributed by atoms with Crippen LogP contribution in [0.2, 0.25) is 0 Å². The molecule has 8 nitrogen and oxygen atoms in total. The topological polar surface area (TPSA) is 99.4 Å². The predicted octanol–water partition coefficient (Wildman–Crippen LogP) is 3.30. The number of nitrogens with zero attached hydrogens (tertiary/aromatic N) is 2. The van der Waals surface area contributed by atoms with Crippen LogP contribution in [0.15, 0.2) is 63.5 Å². The number of thiazole rings is 1. The second-order valence-corrected chi connectivity index (χ2v) is 9.13. The summed E-state index contributed by atoms with van der Waals surface area (Å²) in [5, 5.41) is 9.86. The average Bonchev–Trinajstić information content (AvgIpc) is 3.17. The second kappa shape index (κ2) is 10.8. The number of phenols is 1. The van der Waals surface area contributed by atoms with E-state index in [4.69, 9.17) is 19.2 Å². The van der Waals surface area contributed by atoms with Crippen molar-refractivity contribution in [3.63, 3.8) is 0 Å². The van der Waals surface area contributed by atoms with Crippen LogP contribution < -0.4 is 24.4 Å². The van der Waals surface area contributed by atoms with Crippen molar-refractivity contribution in [2.45, 2.75) is 32.7 Å². The van der Waals surface area contributed by atoms with E-state index in [1.54, 1.807) is 62.6 Å². The molecule has 1 aromatic heterocycles. The highest BCUT2D eigenvalue weighted by Gasteiger charge is 2.36. The van der Waals surface area contributed by atoms with Gasteiger partial charge in [0.2, 0.25) is 0 Å². The molecular formula is C27H28N2O6S. The molecule has 0 fully saturated rings. The third-order valence-corrected chi connectivity index (χ3v) is 6.77. The number of fused-ring (bicyclic) bond motifs is 1. The van der Waals surface area contributed by atoms with Crippen LogP contribution in [-0.2, 0) is 9.53 Å². The number of benzene rings is 2. The Morgan fingerprint density at radius 1 is 1.17 bits per heavy atom. The lowest BCUT2D eigenvalue weighted by Crippen LogP contribution is -2.40. The van der Waals surface area contributed by atoms with E-state index in [-0.39, 0.29) is 17.9 Å². The van der Waals surface area contributed by atoms with Crippen LogP contribution >= 0.6 is 11.3 Å². The highest BCUT2D eigenvalue weighted by atomic mass is 32.1. The minimum Gasteiger partial charge on any atom is -0.508 e. The summed E-state index contributed by atoms with van der Waals surface area (Å²) in [6, 6.07) is 11.1. The summed E-state index contributed by atoms with van der Waals surface area (Å²) in [7, 11) is 3.09. The highest BCUT2D eigenvalue weighted by Crippen LogP contribution is 2.38. The molecule has 1 aliphatic rings. The van der Waals surface area contributed by atoms with Crippen LogP contribution in [0.1, 0.15) is 43.9 Å². The van der Waals surface area contributed by atoms with Gasteiger partial charge in [-0.25, -0.2) is 9.79 Å². The van der Waals surface area contributed by atoms with E-state index in [1.807, 2.05) is 6.92 Å². The van der Waals surface area contributed by atoms with Gasteiger partial charge in [-0.3, -0.25) is 9.36 Å². The van der Waals surface area contributed by atoms with Gasteiger partial charge in [-0.1, -0.05) is 36.8 Å². The summed E-state index contributed by atoms with van der Waals surface area (Å²) in [6.45, 7) is 3.93. The van der Waals surface area contributed by atoms with Crippen LogP contribution in [0.3, 0.4) is 0 Å². The summed E-state index contributed by atoms with van der Waals surface area (Å²) in [6.07, 6.45) is 2.99.